The smallest absolute Gasteiger partial charge is 0.240 e. The number of nitrogens with zero attached hydrogens (tertiary/aromatic N) is 2. The molecule has 1 aromatic carbocycles. The van der Waals surface area contributed by atoms with Gasteiger partial charge in [-0.25, -0.2) is 0 Å². The largest absolute Gasteiger partial charge is 0.495 e. The maximum atomic E-state index is 12.9. The molecule has 1 heterocycles. The summed E-state index contributed by atoms with van der Waals surface area (Å²) in [6.45, 7) is 2.51. The van der Waals surface area contributed by atoms with Gasteiger partial charge in [-0.15, -0.1) is 0 Å². The maximum absolute atomic E-state index is 12.9. The van der Waals surface area contributed by atoms with Gasteiger partial charge < -0.3 is 15.0 Å². The Hall–Kier alpha value is -2.89. The number of aryl methyl sites for hydroxylation is 1. The number of rotatable bonds is 7. The molecule has 3 rings (SSSR count). The molecule has 1 saturated carbocycles. The zero-order valence-electron chi connectivity index (χ0n) is 16.0. The highest BCUT2D eigenvalue weighted by atomic mass is 16.5. The number of ether oxygens (including phenoxy) is 1. The minimum Gasteiger partial charge on any atom is -0.495 e. The van der Waals surface area contributed by atoms with Gasteiger partial charge in [0.15, 0.2) is 0 Å². The number of aromatic nitrogens is 1. The van der Waals surface area contributed by atoms with Gasteiger partial charge in [0.1, 0.15) is 11.2 Å². The topological polar surface area (TPSA) is 71.5 Å². The fourth-order valence-electron chi connectivity index (χ4n) is 3.14. The van der Waals surface area contributed by atoms with Crippen LogP contribution < -0.4 is 10.1 Å². The van der Waals surface area contributed by atoms with Crippen LogP contribution in [-0.4, -0.2) is 42.4 Å². The molecule has 0 unspecified atom stereocenters. The van der Waals surface area contributed by atoms with Crippen LogP contribution >= 0.6 is 0 Å². The van der Waals surface area contributed by atoms with Crippen molar-refractivity contribution >= 4 is 17.5 Å². The Morgan fingerprint density at radius 1 is 1.22 bits per heavy atom. The van der Waals surface area contributed by atoms with Crippen molar-refractivity contribution in [2.45, 2.75) is 26.2 Å². The molecular weight excluding hydrogens is 342 g/mol. The zero-order chi connectivity index (χ0) is 19.4. The van der Waals surface area contributed by atoms with Gasteiger partial charge >= 0.3 is 0 Å². The number of amides is 2. The Kier molecular flexibility index (Phi) is 5.44. The summed E-state index contributed by atoms with van der Waals surface area (Å²) >= 11 is 0. The Balaban J connectivity index is 1.66. The third-order valence-corrected chi connectivity index (χ3v) is 5.03. The average molecular weight is 367 g/mol. The summed E-state index contributed by atoms with van der Waals surface area (Å²) in [6, 6.07) is 9.45. The van der Waals surface area contributed by atoms with E-state index in [1.165, 1.54) is 0 Å². The van der Waals surface area contributed by atoms with Crippen molar-refractivity contribution in [3.63, 3.8) is 0 Å². The number of carbonyl (C=O) groups is 2. The highest BCUT2D eigenvalue weighted by Gasteiger charge is 2.57. The average Bonchev–Trinajstić information content (AvgIpc) is 3.48. The Labute approximate surface area is 159 Å². The predicted octanol–water partition coefficient (Wildman–Crippen LogP) is 2.82. The quantitative estimate of drug-likeness (QED) is 0.764. The van der Waals surface area contributed by atoms with Gasteiger partial charge in [-0.2, -0.15) is 0 Å². The van der Waals surface area contributed by atoms with Crippen LogP contribution in [0.2, 0.25) is 0 Å². The predicted molar refractivity (Wildman–Crippen MR) is 104 cm³/mol. The normalized spacial score (nSPS) is 14.3. The van der Waals surface area contributed by atoms with Crippen molar-refractivity contribution in [1.29, 1.82) is 0 Å². The molecule has 2 aromatic rings. The lowest BCUT2D eigenvalue weighted by atomic mass is 10.0. The van der Waals surface area contributed by atoms with E-state index in [9.17, 15) is 9.59 Å². The Morgan fingerprint density at radius 2 is 1.93 bits per heavy atom. The SMILES string of the molecule is COc1ccc(C)cc1NC(=O)C1(C(=O)N(C)CCc2ccncc2)CC1. The Bertz CT molecular complexity index is 832. The number of pyridine rings is 1. The van der Waals surface area contributed by atoms with Crippen LogP contribution in [0.25, 0.3) is 0 Å². The van der Waals surface area contributed by atoms with Crippen molar-refractivity contribution < 1.29 is 14.3 Å². The molecule has 27 heavy (non-hydrogen) atoms. The van der Waals surface area contributed by atoms with Gasteiger partial charge in [-0.3, -0.25) is 14.6 Å². The van der Waals surface area contributed by atoms with E-state index in [1.807, 2.05) is 37.3 Å². The van der Waals surface area contributed by atoms with E-state index < -0.39 is 5.41 Å². The first-order chi connectivity index (χ1) is 13.0. The number of nitrogens with one attached hydrogen (secondary N) is 1. The summed E-state index contributed by atoms with van der Waals surface area (Å²) in [4.78, 5) is 31.4. The fourth-order valence-corrected chi connectivity index (χ4v) is 3.14. The van der Waals surface area contributed by atoms with E-state index >= 15 is 0 Å². The Morgan fingerprint density at radius 3 is 2.56 bits per heavy atom. The summed E-state index contributed by atoms with van der Waals surface area (Å²) in [7, 11) is 3.31. The van der Waals surface area contributed by atoms with Crippen molar-refractivity contribution in [3.8, 4) is 5.75 Å². The fraction of sp³-hybridized carbons (Fsp3) is 0.381. The molecule has 0 aliphatic heterocycles. The van der Waals surface area contributed by atoms with Crippen molar-refractivity contribution in [3.05, 3.63) is 53.9 Å². The third-order valence-electron chi connectivity index (χ3n) is 5.03. The first kappa shape index (κ1) is 18.9. The van der Waals surface area contributed by atoms with Crippen LogP contribution in [-0.2, 0) is 16.0 Å². The lowest BCUT2D eigenvalue weighted by molar-refractivity contribution is -0.141. The van der Waals surface area contributed by atoms with Gasteiger partial charge in [0, 0.05) is 26.0 Å². The van der Waals surface area contributed by atoms with E-state index in [-0.39, 0.29) is 11.8 Å². The first-order valence-corrected chi connectivity index (χ1v) is 9.07. The molecular formula is C21H25N3O3. The molecule has 1 aromatic heterocycles. The highest BCUT2D eigenvalue weighted by molar-refractivity contribution is 6.13. The van der Waals surface area contributed by atoms with E-state index in [1.54, 1.807) is 31.5 Å². The number of hydrogen-bond donors (Lipinski definition) is 1. The maximum Gasteiger partial charge on any atom is 0.240 e. The molecule has 142 valence electrons. The molecule has 0 bridgehead atoms. The standard InChI is InChI=1S/C21H25N3O3/c1-15-4-5-18(27-3)17(14-15)23-19(25)21(9-10-21)20(26)24(2)13-8-16-6-11-22-12-7-16/h4-7,11-12,14H,8-10,13H2,1-3H3,(H,23,25). The summed E-state index contributed by atoms with van der Waals surface area (Å²) in [5.41, 5.74) is 1.77. The molecule has 0 spiro atoms. The summed E-state index contributed by atoms with van der Waals surface area (Å²) in [5, 5.41) is 2.89. The van der Waals surface area contributed by atoms with Crippen LogP contribution in [0.15, 0.2) is 42.7 Å². The van der Waals surface area contributed by atoms with Gasteiger partial charge in [-0.05, 0) is 61.6 Å². The minimum absolute atomic E-state index is 0.124. The van der Waals surface area contributed by atoms with Crippen molar-refractivity contribution in [1.82, 2.24) is 9.88 Å². The van der Waals surface area contributed by atoms with Crippen molar-refractivity contribution in [2.24, 2.45) is 5.41 Å². The summed E-state index contributed by atoms with van der Waals surface area (Å²) in [5.74, 6) is 0.205. The lowest BCUT2D eigenvalue weighted by Crippen LogP contribution is -2.41. The molecule has 1 N–H and O–H groups in total. The van der Waals surface area contributed by atoms with E-state index in [0.29, 0.717) is 30.8 Å². The molecule has 6 nitrogen and oxygen atoms in total. The highest BCUT2D eigenvalue weighted by Crippen LogP contribution is 2.48. The monoisotopic (exact) mass is 367 g/mol. The molecule has 1 fully saturated rings. The number of methoxy groups -OCH3 is 1. The molecule has 2 amide bonds. The van der Waals surface area contributed by atoms with Gasteiger partial charge in [0.05, 0.1) is 12.8 Å². The van der Waals surface area contributed by atoms with Crippen LogP contribution in [0.1, 0.15) is 24.0 Å². The van der Waals surface area contributed by atoms with Crippen LogP contribution in [0.4, 0.5) is 5.69 Å². The number of anilines is 1. The number of hydrogen-bond acceptors (Lipinski definition) is 4. The second-order valence-corrected chi connectivity index (χ2v) is 7.07. The van der Waals surface area contributed by atoms with E-state index in [4.69, 9.17) is 4.74 Å². The van der Waals surface area contributed by atoms with E-state index in [2.05, 4.69) is 10.3 Å². The second kappa shape index (κ2) is 7.78. The third kappa shape index (κ3) is 4.10. The molecule has 1 aliphatic carbocycles. The molecule has 0 radical (unpaired) electrons. The van der Waals surface area contributed by atoms with Gasteiger partial charge in [-0.1, -0.05) is 6.07 Å². The van der Waals surface area contributed by atoms with Crippen molar-refractivity contribution in [2.75, 3.05) is 26.0 Å². The molecule has 0 atom stereocenters. The van der Waals surface area contributed by atoms with Crippen LogP contribution in [0.3, 0.4) is 0 Å². The number of carbonyl (C=O) groups excluding carboxylic acids is 2. The molecule has 1 aliphatic rings. The molecule has 0 saturated heterocycles. The zero-order valence-corrected chi connectivity index (χ0v) is 16.0. The van der Waals surface area contributed by atoms with Gasteiger partial charge in [0.25, 0.3) is 0 Å². The summed E-state index contributed by atoms with van der Waals surface area (Å²) in [6.07, 6.45) is 5.36. The summed E-state index contributed by atoms with van der Waals surface area (Å²) < 4.78 is 5.31. The van der Waals surface area contributed by atoms with Crippen LogP contribution in [0, 0.1) is 12.3 Å². The minimum atomic E-state index is -0.957. The van der Waals surface area contributed by atoms with E-state index in [0.717, 1.165) is 17.5 Å². The number of benzene rings is 1. The number of likely N-dealkylation sites (N-methyl/N-ethyl adjacent to an activating group) is 1. The van der Waals surface area contributed by atoms with Gasteiger partial charge in [0.2, 0.25) is 11.8 Å². The molecule has 6 heteroatoms. The lowest BCUT2D eigenvalue weighted by Gasteiger charge is -2.23. The second-order valence-electron chi connectivity index (χ2n) is 7.07. The first-order valence-electron chi connectivity index (χ1n) is 9.07. The van der Waals surface area contributed by atoms with Crippen LogP contribution in [0.5, 0.6) is 5.75 Å².